The summed E-state index contributed by atoms with van der Waals surface area (Å²) >= 11 is 1.78. The van der Waals surface area contributed by atoms with E-state index >= 15 is 0 Å². The summed E-state index contributed by atoms with van der Waals surface area (Å²) in [5, 5.41) is 14.4. The van der Waals surface area contributed by atoms with Crippen LogP contribution in [0.5, 0.6) is 5.75 Å². The number of ether oxygens (including phenoxy) is 1. The largest absolute Gasteiger partial charge is 0.494 e. The summed E-state index contributed by atoms with van der Waals surface area (Å²) in [6.45, 7) is 5.39. The van der Waals surface area contributed by atoms with Gasteiger partial charge >= 0.3 is 0 Å². The molecule has 2 N–H and O–H groups in total. The SMILES string of the molecule is CCOc1ccc(CN[C@H]2CCCN(c3nc4ccccc4s3)C2)cc1CO. The van der Waals surface area contributed by atoms with Crippen LogP contribution in [0.3, 0.4) is 0 Å². The number of rotatable bonds is 7. The Morgan fingerprint density at radius 2 is 2.18 bits per heavy atom. The predicted molar refractivity (Wildman–Crippen MR) is 115 cm³/mol. The normalized spacial score (nSPS) is 17.2. The first-order valence-corrected chi connectivity index (χ1v) is 10.8. The third-order valence-electron chi connectivity index (χ3n) is 5.16. The Labute approximate surface area is 170 Å². The van der Waals surface area contributed by atoms with E-state index in [1.54, 1.807) is 11.3 Å². The molecule has 5 nitrogen and oxygen atoms in total. The summed E-state index contributed by atoms with van der Waals surface area (Å²) in [5.41, 5.74) is 3.11. The molecular formula is C22H27N3O2S. The Morgan fingerprint density at radius 1 is 1.29 bits per heavy atom. The molecule has 0 aliphatic carbocycles. The molecule has 1 fully saturated rings. The maximum absolute atomic E-state index is 9.59. The molecule has 1 atom stereocenters. The van der Waals surface area contributed by atoms with Gasteiger partial charge in [0, 0.05) is 31.2 Å². The lowest BCUT2D eigenvalue weighted by molar-refractivity contribution is 0.267. The van der Waals surface area contributed by atoms with E-state index in [0.29, 0.717) is 12.6 Å². The molecule has 0 bridgehead atoms. The predicted octanol–water partition coefficient (Wildman–Crippen LogP) is 3.95. The van der Waals surface area contributed by atoms with Gasteiger partial charge in [0.15, 0.2) is 5.13 Å². The van der Waals surface area contributed by atoms with Crippen molar-refractivity contribution in [1.29, 1.82) is 0 Å². The number of nitrogens with zero attached hydrogens (tertiary/aromatic N) is 2. The quantitative estimate of drug-likeness (QED) is 0.632. The number of nitrogens with one attached hydrogen (secondary N) is 1. The van der Waals surface area contributed by atoms with Crippen molar-refractivity contribution in [2.45, 2.75) is 39.0 Å². The third-order valence-corrected chi connectivity index (χ3v) is 6.26. The van der Waals surface area contributed by atoms with Crippen LogP contribution in [0.2, 0.25) is 0 Å². The zero-order chi connectivity index (χ0) is 19.3. The number of para-hydroxylation sites is 1. The highest BCUT2D eigenvalue weighted by molar-refractivity contribution is 7.22. The van der Waals surface area contributed by atoms with Gasteiger partial charge in [0.2, 0.25) is 0 Å². The van der Waals surface area contributed by atoms with Gasteiger partial charge in [-0.3, -0.25) is 0 Å². The summed E-state index contributed by atoms with van der Waals surface area (Å²) in [6, 6.07) is 14.8. The second-order valence-corrected chi connectivity index (χ2v) is 8.17. The number of aromatic nitrogens is 1. The molecule has 0 radical (unpaired) electrons. The highest BCUT2D eigenvalue weighted by Gasteiger charge is 2.22. The van der Waals surface area contributed by atoms with Crippen molar-refractivity contribution in [3.8, 4) is 5.75 Å². The van der Waals surface area contributed by atoms with Crippen molar-refractivity contribution in [2.75, 3.05) is 24.6 Å². The van der Waals surface area contributed by atoms with E-state index < -0.39 is 0 Å². The molecule has 6 heteroatoms. The maximum atomic E-state index is 9.59. The minimum Gasteiger partial charge on any atom is -0.494 e. The smallest absolute Gasteiger partial charge is 0.186 e. The molecule has 0 spiro atoms. The molecule has 2 aromatic carbocycles. The zero-order valence-electron chi connectivity index (χ0n) is 16.2. The first-order valence-electron chi connectivity index (χ1n) is 9.96. The van der Waals surface area contributed by atoms with Crippen molar-refractivity contribution < 1.29 is 9.84 Å². The standard InChI is InChI=1S/C22H27N3O2S/c1-2-27-20-10-9-16(12-17(20)15-26)13-23-18-6-5-11-25(14-18)22-24-19-7-3-4-8-21(19)28-22/h3-4,7-10,12,18,23,26H,2,5-6,11,13-15H2,1H3/t18-/m0/s1. The van der Waals surface area contributed by atoms with Crippen molar-refractivity contribution in [1.82, 2.24) is 10.3 Å². The van der Waals surface area contributed by atoms with E-state index in [2.05, 4.69) is 34.5 Å². The molecule has 3 aromatic rings. The lowest BCUT2D eigenvalue weighted by Crippen LogP contribution is -2.45. The van der Waals surface area contributed by atoms with Crippen LogP contribution in [-0.4, -0.2) is 35.8 Å². The van der Waals surface area contributed by atoms with Gasteiger partial charge in [-0.2, -0.15) is 0 Å². The molecule has 4 rings (SSSR count). The summed E-state index contributed by atoms with van der Waals surface area (Å²) in [6.07, 6.45) is 2.34. The molecular weight excluding hydrogens is 370 g/mol. The van der Waals surface area contributed by atoms with Crippen molar-refractivity contribution in [2.24, 2.45) is 0 Å². The van der Waals surface area contributed by atoms with Gasteiger partial charge in [-0.15, -0.1) is 0 Å². The zero-order valence-corrected chi connectivity index (χ0v) is 17.0. The van der Waals surface area contributed by atoms with Crippen LogP contribution in [-0.2, 0) is 13.2 Å². The van der Waals surface area contributed by atoms with Crippen molar-refractivity contribution in [3.05, 3.63) is 53.6 Å². The number of hydrogen-bond acceptors (Lipinski definition) is 6. The average molecular weight is 398 g/mol. The first kappa shape index (κ1) is 19.2. The van der Waals surface area contributed by atoms with Gasteiger partial charge < -0.3 is 20.1 Å². The minimum atomic E-state index is -0.00200. The van der Waals surface area contributed by atoms with Gasteiger partial charge in [0.1, 0.15) is 5.75 Å². The number of anilines is 1. The van der Waals surface area contributed by atoms with Crippen LogP contribution < -0.4 is 15.0 Å². The fourth-order valence-corrected chi connectivity index (χ4v) is 4.74. The molecule has 148 valence electrons. The highest BCUT2D eigenvalue weighted by atomic mass is 32.1. The Bertz CT molecular complexity index is 894. The number of aliphatic hydroxyl groups is 1. The van der Waals surface area contributed by atoms with Gasteiger partial charge in [0.05, 0.1) is 23.4 Å². The Balaban J connectivity index is 1.39. The second kappa shape index (κ2) is 8.90. The van der Waals surface area contributed by atoms with Crippen LogP contribution >= 0.6 is 11.3 Å². The number of thiazole rings is 1. The van der Waals surface area contributed by atoms with E-state index in [1.165, 1.54) is 23.1 Å². The van der Waals surface area contributed by atoms with Crippen LogP contribution in [0.15, 0.2) is 42.5 Å². The lowest BCUT2D eigenvalue weighted by atomic mass is 10.0. The minimum absolute atomic E-state index is 0.00200. The molecule has 1 aliphatic heterocycles. The maximum Gasteiger partial charge on any atom is 0.186 e. The van der Waals surface area contributed by atoms with Gasteiger partial charge in [-0.25, -0.2) is 4.98 Å². The Kier molecular flexibility index (Phi) is 6.10. The van der Waals surface area contributed by atoms with E-state index in [-0.39, 0.29) is 6.61 Å². The number of fused-ring (bicyclic) bond motifs is 1. The monoisotopic (exact) mass is 397 g/mol. The molecule has 28 heavy (non-hydrogen) atoms. The summed E-state index contributed by atoms with van der Waals surface area (Å²) < 4.78 is 6.82. The fraction of sp³-hybridized carbons (Fsp3) is 0.409. The number of hydrogen-bond donors (Lipinski definition) is 2. The first-order chi connectivity index (χ1) is 13.8. The van der Waals surface area contributed by atoms with Crippen LogP contribution in [0, 0.1) is 0 Å². The van der Waals surface area contributed by atoms with E-state index in [0.717, 1.165) is 41.6 Å². The van der Waals surface area contributed by atoms with Crippen LogP contribution in [0.1, 0.15) is 30.9 Å². The molecule has 0 saturated carbocycles. The Hall–Kier alpha value is -2.15. The average Bonchev–Trinajstić information content (AvgIpc) is 3.18. The molecule has 1 saturated heterocycles. The van der Waals surface area contributed by atoms with Crippen LogP contribution in [0.4, 0.5) is 5.13 Å². The molecule has 2 heterocycles. The summed E-state index contributed by atoms with van der Waals surface area (Å²) in [5.74, 6) is 0.772. The second-order valence-electron chi connectivity index (χ2n) is 7.16. The fourth-order valence-electron chi connectivity index (χ4n) is 3.74. The molecule has 0 amide bonds. The Morgan fingerprint density at radius 3 is 3.00 bits per heavy atom. The van der Waals surface area contributed by atoms with Crippen molar-refractivity contribution >= 4 is 26.7 Å². The van der Waals surface area contributed by atoms with E-state index in [9.17, 15) is 5.11 Å². The van der Waals surface area contributed by atoms with Gasteiger partial charge in [-0.1, -0.05) is 29.5 Å². The molecule has 1 aromatic heterocycles. The molecule has 0 unspecified atom stereocenters. The third kappa shape index (κ3) is 4.29. The number of piperidine rings is 1. The number of benzene rings is 2. The van der Waals surface area contributed by atoms with Gasteiger partial charge in [-0.05, 0) is 49.6 Å². The van der Waals surface area contributed by atoms with E-state index in [4.69, 9.17) is 9.72 Å². The summed E-state index contributed by atoms with van der Waals surface area (Å²) in [4.78, 5) is 7.22. The van der Waals surface area contributed by atoms with Crippen LogP contribution in [0.25, 0.3) is 10.2 Å². The number of aliphatic hydroxyl groups excluding tert-OH is 1. The topological polar surface area (TPSA) is 57.6 Å². The van der Waals surface area contributed by atoms with Gasteiger partial charge in [0.25, 0.3) is 0 Å². The highest BCUT2D eigenvalue weighted by Crippen LogP contribution is 2.30. The summed E-state index contributed by atoms with van der Waals surface area (Å²) in [7, 11) is 0. The van der Waals surface area contributed by atoms with Crippen molar-refractivity contribution in [3.63, 3.8) is 0 Å². The van der Waals surface area contributed by atoms with E-state index in [1.807, 2.05) is 25.1 Å². The molecule has 1 aliphatic rings. The lowest BCUT2D eigenvalue weighted by Gasteiger charge is -2.33.